The zero-order valence-corrected chi connectivity index (χ0v) is 27.1. The maximum Gasteiger partial charge on any atom is 0.326 e. The second-order valence-electron chi connectivity index (χ2n) is 12.8. The number of carbonyl (C=O) groups is 3. The third-order valence-electron chi connectivity index (χ3n) is 8.22. The highest BCUT2D eigenvalue weighted by Crippen LogP contribution is 2.16. The lowest BCUT2D eigenvalue weighted by Gasteiger charge is -2.13. The average molecular weight is 582 g/mol. The van der Waals surface area contributed by atoms with Gasteiger partial charge in [0.1, 0.15) is 6.04 Å². The second-order valence-corrected chi connectivity index (χ2v) is 12.8. The van der Waals surface area contributed by atoms with E-state index in [4.69, 9.17) is 10.2 Å². The van der Waals surface area contributed by atoms with Crippen LogP contribution in [-0.4, -0.2) is 34.1 Å². The summed E-state index contributed by atoms with van der Waals surface area (Å²) in [4.78, 5) is 33.7. The van der Waals surface area contributed by atoms with E-state index in [0.717, 1.165) is 25.2 Å². The van der Waals surface area contributed by atoms with Gasteiger partial charge in [-0.1, -0.05) is 168 Å². The average Bonchev–Trinajstić information content (AvgIpc) is 2.92. The van der Waals surface area contributed by atoms with E-state index in [1.165, 1.54) is 141 Å². The fourth-order valence-electron chi connectivity index (χ4n) is 5.52. The Labute approximate surface area is 253 Å². The molecule has 6 nitrogen and oxygen atoms in total. The first-order valence-electron chi connectivity index (χ1n) is 17.6. The summed E-state index contributed by atoms with van der Waals surface area (Å²) < 4.78 is 0. The molecule has 0 aromatic heterocycles. The number of nitrogens with one attached hydrogen (secondary N) is 1. The number of amides is 1. The Balaban J connectivity index is 3.27. The number of unbranched alkanes of at least 4 members (excludes halogenated alkanes) is 23. The summed E-state index contributed by atoms with van der Waals surface area (Å²) in [7, 11) is 0. The molecule has 0 radical (unpaired) electrons. The Hall–Kier alpha value is -1.59. The minimum atomic E-state index is -1.18. The predicted octanol–water partition coefficient (Wildman–Crippen LogP) is 10.2. The maximum atomic E-state index is 11.9. The first-order valence-corrected chi connectivity index (χ1v) is 17.6. The summed E-state index contributed by atoms with van der Waals surface area (Å²) in [5.74, 6) is -1.67. The molecule has 0 saturated heterocycles. The van der Waals surface area contributed by atoms with E-state index in [-0.39, 0.29) is 18.7 Å². The number of carboxylic acids is 2. The number of carbonyl (C=O) groups excluding carboxylic acids is 1. The van der Waals surface area contributed by atoms with E-state index in [0.29, 0.717) is 6.42 Å². The molecule has 0 aliphatic carbocycles. The molecule has 0 spiro atoms. The van der Waals surface area contributed by atoms with E-state index in [2.05, 4.69) is 19.2 Å². The van der Waals surface area contributed by atoms with Crippen molar-refractivity contribution in [3.63, 3.8) is 0 Å². The zero-order chi connectivity index (χ0) is 30.4. The number of hydrogen-bond donors (Lipinski definition) is 3. The maximum absolute atomic E-state index is 11.9. The summed E-state index contributed by atoms with van der Waals surface area (Å²) >= 11 is 0. The van der Waals surface area contributed by atoms with Crippen LogP contribution in [0.15, 0.2) is 0 Å². The molecule has 0 aliphatic rings. The van der Waals surface area contributed by atoms with Crippen molar-refractivity contribution in [1.29, 1.82) is 0 Å². The van der Waals surface area contributed by atoms with Crippen LogP contribution in [0, 0.1) is 5.92 Å². The second kappa shape index (κ2) is 29.9. The Morgan fingerprint density at radius 2 is 0.780 bits per heavy atom. The highest BCUT2D eigenvalue weighted by molar-refractivity contribution is 5.83. The summed E-state index contributed by atoms with van der Waals surface area (Å²) in [5.41, 5.74) is 0. The first-order chi connectivity index (χ1) is 19.8. The van der Waals surface area contributed by atoms with Crippen LogP contribution < -0.4 is 5.32 Å². The van der Waals surface area contributed by atoms with E-state index in [1.54, 1.807) is 0 Å². The van der Waals surface area contributed by atoms with Crippen LogP contribution in [0.1, 0.15) is 194 Å². The molecule has 0 aromatic carbocycles. The summed E-state index contributed by atoms with van der Waals surface area (Å²) in [6.07, 6.45) is 33.4. The fourth-order valence-corrected chi connectivity index (χ4v) is 5.52. The quantitative estimate of drug-likeness (QED) is 0.0686. The molecule has 0 aliphatic heterocycles. The largest absolute Gasteiger partial charge is 0.481 e. The predicted molar refractivity (Wildman–Crippen MR) is 171 cm³/mol. The number of rotatable bonds is 32. The van der Waals surface area contributed by atoms with E-state index >= 15 is 0 Å². The van der Waals surface area contributed by atoms with Crippen molar-refractivity contribution in [2.75, 3.05) is 0 Å². The van der Waals surface area contributed by atoms with Gasteiger partial charge >= 0.3 is 11.9 Å². The van der Waals surface area contributed by atoms with Gasteiger partial charge in [0.25, 0.3) is 0 Å². The molecule has 0 unspecified atom stereocenters. The van der Waals surface area contributed by atoms with Gasteiger partial charge in [-0.15, -0.1) is 0 Å². The molecule has 0 aromatic rings. The fraction of sp³-hybridized carbons (Fsp3) is 0.914. The Morgan fingerprint density at radius 1 is 0.463 bits per heavy atom. The molecular weight excluding hydrogens is 514 g/mol. The van der Waals surface area contributed by atoms with E-state index in [1.807, 2.05) is 0 Å². The SMILES string of the molecule is CC(C)CCCCCCCCCCCCCCCCCCCCCCCCCCC(=O)N[C@@H](CCC(=O)O)C(=O)O. The standard InChI is InChI=1S/C35H67NO5/c1-31(2)27-25-23-21-19-17-15-13-11-9-7-5-3-4-6-8-10-12-14-16-18-20-22-24-26-28-33(37)36-32(35(40)41)29-30-34(38)39/h31-32H,3-30H2,1-2H3,(H,36,37)(H,38,39)(H,40,41)/t32-/m0/s1. The van der Waals surface area contributed by atoms with Crippen molar-refractivity contribution in [2.24, 2.45) is 5.92 Å². The van der Waals surface area contributed by atoms with Crippen LogP contribution in [0.3, 0.4) is 0 Å². The van der Waals surface area contributed by atoms with Crippen molar-refractivity contribution in [3.05, 3.63) is 0 Å². The van der Waals surface area contributed by atoms with Crippen molar-refractivity contribution >= 4 is 17.8 Å². The lowest BCUT2D eigenvalue weighted by molar-refractivity contribution is -0.143. The van der Waals surface area contributed by atoms with Crippen LogP contribution in [0.25, 0.3) is 0 Å². The first kappa shape index (κ1) is 39.4. The van der Waals surface area contributed by atoms with Crippen LogP contribution in [0.4, 0.5) is 0 Å². The van der Waals surface area contributed by atoms with Gasteiger partial charge in [0.2, 0.25) is 5.91 Å². The van der Waals surface area contributed by atoms with Gasteiger partial charge in [0.05, 0.1) is 0 Å². The molecule has 0 saturated carbocycles. The summed E-state index contributed by atoms with van der Waals surface area (Å²) in [5, 5.41) is 20.2. The van der Waals surface area contributed by atoms with Crippen molar-refractivity contribution in [3.8, 4) is 0 Å². The van der Waals surface area contributed by atoms with Gasteiger partial charge in [0, 0.05) is 12.8 Å². The molecule has 0 heterocycles. The van der Waals surface area contributed by atoms with Gasteiger partial charge < -0.3 is 15.5 Å². The molecule has 242 valence electrons. The van der Waals surface area contributed by atoms with Crippen LogP contribution in [-0.2, 0) is 14.4 Å². The molecule has 1 amide bonds. The van der Waals surface area contributed by atoms with Gasteiger partial charge in [-0.05, 0) is 18.8 Å². The third-order valence-corrected chi connectivity index (χ3v) is 8.22. The van der Waals surface area contributed by atoms with Crippen molar-refractivity contribution in [2.45, 2.75) is 200 Å². The smallest absolute Gasteiger partial charge is 0.326 e. The lowest BCUT2D eigenvalue weighted by atomic mass is 10.0. The van der Waals surface area contributed by atoms with Gasteiger partial charge in [-0.25, -0.2) is 4.79 Å². The van der Waals surface area contributed by atoms with E-state index in [9.17, 15) is 14.4 Å². The van der Waals surface area contributed by atoms with Crippen LogP contribution in [0.5, 0.6) is 0 Å². The minimum absolute atomic E-state index is 0.0877. The lowest BCUT2D eigenvalue weighted by Crippen LogP contribution is -2.41. The Bertz CT molecular complexity index is 622. The zero-order valence-electron chi connectivity index (χ0n) is 27.1. The van der Waals surface area contributed by atoms with Gasteiger partial charge in [-0.3, -0.25) is 9.59 Å². The summed E-state index contributed by atoms with van der Waals surface area (Å²) in [6, 6.07) is -1.12. The molecule has 0 rings (SSSR count). The van der Waals surface area contributed by atoms with Gasteiger partial charge in [-0.2, -0.15) is 0 Å². The molecule has 41 heavy (non-hydrogen) atoms. The van der Waals surface area contributed by atoms with Gasteiger partial charge in [0.15, 0.2) is 0 Å². The highest BCUT2D eigenvalue weighted by Gasteiger charge is 2.20. The van der Waals surface area contributed by atoms with Crippen LogP contribution >= 0.6 is 0 Å². The third kappa shape index (κ3) is 31.2. The number of hydrogen-bond acceptors (Lipinski definition) is 3. The monoisotopic (exact) mass is 582 g/mol. The van der Waals surface area contributed by atoms with Crippen LogP contribution in [0.2, 0.25) is 0 Å². The molecule has 1 atom stereocenters. The van der Waals surface area contributed by atoms with E-state index < -0.39 is 18.0 Å². The molecular formula is C35H67NO5. The van der Waals surface area contributed by atoms with Crippen molar-refractivity contribution in [1.82, 2.24) is 5.32 Å². The summed E-state index contributed by atoms with van der Waals surface area (Å²) in [6.45, 7) is 4.66. The van der Waals surface area contributed by atoms with Crippen molar-refractivity contribution < 1.29 is 24.6 Å². The highest BCUT2D eigenvalue weighted by atomic mass is 16.4. The molecule has 0 fully saturated rings. The number of aliphatic carboxylic acids is 2. The minimum Gasteiger partial charge on any atom is -0.481 e. The molecule has 3 N–H and O–H groups in total. The number of carboxylic acid groups (broad SMARTS) is 2. The Morgan fingerprint density at radius 3 is 1.07 bits per heavy atom. The normalized spacial score (nSPS) is 12.1. The molecule has 0 bridgehead atoms. The molecule has 6 heteroatoms. The topological polar surface area (TPSA) is 104 Å². The Kier molecular flexibility index (Phi) is 28.7.